The highest BCUT2D eigenvalue weighted by molar-refractivity contribution is 5.94. The summed E-state index contributed by atoms with van der Waals surface area (Å²) in [5, 5.41) is 8.56. The van der Waals surface area contributed by atoms with Gasteiger partial charge in [-0.3, -0.25) is 4.79 Å². The summed E-state index contributed by atoms with van der Waals surface area (Å²) >= 11 is 0. The van der Waals surface area contributed by atoms with Crippen molar-refractivity contribution in [3.8, 4) is 0 Å². The molecule has 2 N–H and O–H groups in total. The van der Waals surface area contributed by atoms with Crippen molar-refractivity contribution >= 4 is 18.0 Å². The van der Waals surface area contributed by atoms with E-state index in [9.17, 15) is 9.59 Å². The molecule has 1 amide bonds. The highest BCUT2D eigenvalue weighted by Gasteiger charge is 2.12. The fourth-order valence-electron chi connectivity index (χ4n) is 1.81. The standard InChI is InChI=1S/C15H15N3O3/c1-18(10-13-16-8-9-17-13)15(21)12-5-2-11(3-6-12)4-7-14(19)20/h2-9H,10H2,1H3,(H,16,17)(H,19,20). The first-order valence-electron chi connectivity index (χ1n) is 6.31. The second kappa shape index (κ2) is 6.51. The van der Waals surface area contributed by atoms with Crippen LogP contribution in [0, 0.1) is 0 Å². The number of carbonyl (C=O) groups is 2. The number of H-pyrrole nitrogens is 1. The molecule has 0 saturated carbocycles. The average molecular weight is 285 g/mol. The summed E-state index contributed by atoms with van der Waals surface area (Å²) in [6, 6.07) is 6.74. The summed E-state index contributed by atoms with van der Waals surface area (Å²) in [4.78, 5) is 31.2. The number of carbonyl (C=O) groups excluding carboxylic acids is 1. The van der Waals surface area contributed by atoms with Gasteiger partial charge in [-0.25, -0.2) is 9.78 Å². The molecule has 1 aromatic heterocycles. The second-order valence-electron chi connectivity index (χ2n) is 4.49. The van der Waals surface area contributed by atoms with Gasteiger partial charge in [-0.15, -0.1) is 0 Å². The lowest BCUT2D eigenvalue weighted by molar-refractivity contribution is -0.131. The zero-order valence-corrected chi connectivity index (χ0v) is 11.5. The van der Waals surface area contributed by atoms with Crippen molar-refractivity contribution in [2.24, 2.45) is 0 Å². The van der Waals surface area contributed by atoms with Gasteiger partial charge < -0.3 is 15.0 Å². The van der Waals surface area contributed by atoms with Crippen LogP contribution in [0.2, 0.25) is 0 Å². The fraction of sp³-hybridized carbons (Fsp3) is 0.133. The Morgan fingerprint density at radius 1 is 1.33 bits per heavy atom. The number of carboxylic acid groups (broad SMARTS) is 1. The monoisotopic (exact) mass is 285 g/mol. The zero-order valence-electron chi connectivity index (χ0n) is 11.5. The number of rotatable bonds is 5. The van der Waals surface area contributed by atoms with Gasteiger partial charge in [-0.2, -0.15) is 0 Å². The largest absolute Gasteiger partial charge is 0.478 e. The molecule has 6 nitrogen and oxygen atoms in total. The predicted octanol–water partition coefficient (Wildman–Crippen LogP) is 1.78. The molecular formula is C15H15N3O3. The maximum atomic E-state index is 12.2. The molecule has 0 spiro atoms. The van der Waals surface area contributed by atoms with Gasteiger partial charge in [0, 0.05) is 31.1 Å². The van der Waals surface area contributed by atoms with Crippen LogP contribution < -0.4 is 0 Å². The Morgan fingerprint density at radius 3 is 2.62 bits per heavy atom. The van der Waals surface area contributed by atoms with E-state index in [1.165, 1.54) is 6.08 Å². The first-order chi connectivity index (χ1) is 10.1. The van der Waals surface area contributed by atoms with E-state index in [4.69, 9.17) is 5.11 Å². The maximum absolute atomic E-state index is 12.2. The Morgan fingerprint density at radius 2 is 2.05 bits per heavy atom. The SMILES string of the molecule is CN(Cc1ncc[nH]1)C(=O)c1ccc(C=CC(=O)O)cc1. The van der Waals surface area contributed by atoms with Crippen LogP contribution in [0.3, 0.4) is 0 Å². The van der Waals surface area contributed by atoms with Crippen LogP contribution in [0.4, 0.5) is 0 Å². The highest BCUT2D eigenvalue weighted by Crippen LogP contribution is 2.09. The van der Waals surface area contributed by atoms with Crippen LogP contribution >= 0.6 is 0 Å². The van der Waals surface area contributed by atoms with Crippen LogP contribution in [0.25, 0.3) is 6.08 Å². The number of aromatic nitrogens is 2. The van der Waals surface area contributed by atoms with Crippen molar-refractivity contribution in [1.82, 2.24) is 14.9 Å². The molecule has 0 saturated heterocycles. The van der Waals surface area contributed by atoms with Crippen LogP contribution in [-0.4, -0.2) is 38.9 Å². The van der Waals surface area contributed by atoms with E-state index in [2.05, 4.69) is 9.97 Å². The lowest BCUT2D eigenvalue weighted by atomic mass is 10.1. The van der Waals surface area contributed by atoms with E-state index >= 15 is 0 Å². The summed E-state index contributed by atoms with van der Waals surface area (Å²) in [5.74, 6) is -0.416. The van der Waals surface area contributed by atoms with Crippen molar-refractivity contribution in [1.29, 1.82) is 0 Å². The molecule has 1 heterocycles. The Bertz CT molecular complexity index is 645. The minimum atomic E-state index is -1.01. The quantitative estimate of drug-likeness (QED) is 0.820. The molecule has 0 unspecified atom stereocenters. The number of nitrogens with one attached hydrogen (secondary N) is 1. The van der Waals surface area contributed by atoms with Gasteiger partial charge in [0.15, 0.2) is 0 Å². The lowest BCUT2D eigenvalue weighted by Gasteiger charge is -2.15. The third-order valence-electron chi connectivity index (χ3n) is 2.86. The zero-order chi connectivity index (χ0) is 15.2. The van der Waals surface area contributed by atoms with E-state index in [1.54, 1.807) is 48.6 Å². The van der Waals surface area contributed by atoms with Crippen LogP contribution in [0.15, 0.2) is 42.7 Å². The van der Waals surface area contributed by atoms with Crippen molar-refractivity contribution in [3.63, 3.8) is 0 Å². The van der Waals surface area contributed by atoms with E-state index in [0.717, 1.165) is 11.6 Å². The Hall–Kier alpha value is -2.89. The summed E-state index contributed by atoms with van der Waals surface area (Å²) in [6.07, 6.45) is 5.87. The molecule has 0 aliphatic heterocycles. The number of imidazole rings is 1. The van der Waals surface area contributed by atoms with Crippen molar-refractivity contribution < 1.29 is 14.7 Å². The van der Waals surface area contributed by atoms with Gasteiger partial charge in [-0.1, -0.05) is 12.1 Å². The molecule has 0 fully saturated rings. The molecule has 0 bridgehead atoms. The minimum Gasteiger partial charge on any atom is -0.478 e. The number of carboxylic acids is 1. The lowest BCUT2D eigenvalue weighted by Crippen LogP contribution is -2.26. The fourth-order valence-corrected chi connectivity index (χ4v) is 1.81. The molecule has 0 radical (unpaired) electrons. The molecule has 21 heavy (non-hydrogen) atoms. The van der Waals surface area contributed by atoms with Gasteiger partial charge in [0.2, 0.25) is 0 Å². The number of aromatic amines is 1. The third-order valence-corrected chi connectivity index (χ3v) is 2.86. The minimum absolute atomic E-state index is 0.125. The van der Waals surface area contributed by atoms with Gasteiger partial charge in [-0.05, 0) is 23.8 Å². The number of hydrogen-bond donors (Lipinski definition) is 2. The van der Waals surface area contributed by atoms with Crippen molar-refractivity contribution in [2.45, 2.75) is 6.54 Å². The molecule has 2 rings (SSSR count). The normalized spacial score (nSPS) is 10.7. The van der Waals surface area contributed by atoms with Crippen molar-refractivity contribution in [2.75, 3.05) is 7.05 Å². The molecular weight excluding hydrogens is 270 g/mol. The molecule has 6 heteroatoms. The molecule has 0 aliphatic carbocycles. The number of amides is 1. The molecule has 108 valence electrons. The Balaban J connectivity index is 2.03. The summed E-state index contributed by atoms with van der Waals surface area (Å²) in [5.41, 5.74) is 1.26. The number of hydrogen-bond acceptors (Lipinski definition) is 3. The van der Waals surface area contributed by atoms with Crippen molar-refractivity contribution in [3.05, 3.63) is 59.7 Å². The first kappa shape index (κ1) is 14.5. The van der Waals surface area contributed by atoms with Gasteiger partial charge in [0.05, 0.1) is 6.54 Å². The van der Waals surface area contributed by atoms with Crippen LogP contribution in [0.5, 0.6) is 0 Å². The molecule has 2 aromatic rings. The number of nitrogens with zero attached hydrogens (tertiary/aromatic N) is 2. The molecule has 0 atom stereocenters. The van der Waals surface area contributed by atoms with E-state index in [-0.39, 0.29) is 5.91 Å². The summed E-state index contributed by atoms with van der Waals surface area (Å²) in [6.45, 7) is 0.395. The van der Waals surface area contributed by atoms with Crippen LogP contribution in [-0.2, 0) is 11.3 Å². The second-order valence-corrected chi connectivity index (χ2v) is 4.49. The van der Waals surface area contributed by atoms with E-state index in [0.29, 0.717) is 17.9 Å². The smallest absolute Gasteiger partial charge is 0.328 e. The summed E-state index contributed by atoms with van der Waals surface area (Å²) in [7, 11) is 1.70. The maximum Gasteiger partial charge on any atom is 0.328 e. The topological polar surface area (TPSA) is 86.3 Å². The van der Waals surface area contributed by atoms with Gasteiger partial charge in [0.1, 0.15) is 5.82 Å². The molecule has 0 aliphatic rings. The predicted molar refractivity (Wildman–Crippen MR) is 77.5 cm³/mol. The number of aliphatic carboxylic acids is 1. The first-order valence-corrected chi connectivity index (χ1v) is 6.31. The Kier molecular flexibility index (Phi) is 4.50. The van der Waals surface area contributed by atoms with E-state index in [1.807, 2.05) is 0 Å². The number of benzene rings is 1. The van der Waals surface area contributed by atoms with Gasteiger partial charge >= 0.3 is 5.97 Å². The highest BCUT2D eigenvalue weighted by atomic mass is 16.4. The molecule has 1 aromatic carbocycles. The average Bonchev–Trinajstić information content (AvgIpc) is 2.97. The van der Waals surface area contributed by atoms with E-state index < -0.39 is 5.97 Å². The third kappa shape index (κ3) is 4.04. The van der Waals surface area contributed by atoms with Gasteiger partial charge in [0.25, 0.3) is 5.91 Å². The Labute approximate surface area is 121 Å². The summed E-state index contributed by atoms with van der Waals surface area (Å²) < 4.78 is 0. The van der Waals surface area contributed by atoms with Crippen LogP contribution in [0.1, 0.15) is 21.7 Å².